The van der Waals surface area contributed by atoms with Gasteiger partial charge in [-0.1, -0.05) is 12.7 Å². The van der Waals surface area contributed by atoms with E-state index in [2.05, 4.69) is 11.9 Å². The predicted molar refractivity (Wildman–Crippen MR) is 91.1 cm³/mol. The van der Waals surface area contributed by atoms with Gasteiger partial charge in [-0.2, -0.15) is 0 Å². The largest absolute Gasteiger partial charge is 0.445 e. The van der Waals surface area contributed by atoms with Gasteiger partial charge in [0.25, 0.3) is 0 Å². The molecule has 2 aliphatic heterocycles. The average Bonchev–Trinajstić information content (AvgIpc) is 2.71. The molecule has 0 spiro atoms. The minimum atomic E-state index is -1.77. The van der Waals surface area contributed by atoms with Gasteiger partial charge >= 0.3 is 6.09 Å². The SMILES string of the molecule is C=CCOC(=O)N[C@@H]1[C@@H](O)[C@H](O[C@H]2O[C@@H](CO)[C@H](O)[C@@H](O)[C@@H]2O)[C@@H](CO)O[C@@H]1O. The molecule has 0 unspecified atom stereocenters. The van der Waals surface area contributed by atoms with E-state index < -0.39 is 80.7 Å². The summed E-state index contributed by atoms with van der Waals surface area (Å²) in [7, 11) is 0. The number of nitrogens with one attached hydrogen (secondary N) is 1. The van der Waals surface area contributed by atoms with Gasteiger partial charge in [-0.3, -0.25) is 0 Å². The van der Waals surface area contributed by atoms with Gasteiger partial charge in [-0.05, 0) is 0 Å². The highest BCUT2D eigenvalue weighted by Gasteiger charge is 2.50. The van der Waals surface area contributed by atoms with Gasteiger partial charge in [0.15, 0.2) is 12.6 Å². The number of hydrogen-bond donors (Lipinski definition) is 8. The number of rotatable bonds is 7. The van der Waals surface area contributed by atoms with Crippen molar-refractivity contribution in [2.45, 2.75) is 61.3 Å². The second-order valence-electron chi connectivity index (χ2n) is 6.59. The number of carbonyl (C=O) groups excluding carboxylic acids is 1. The molecule has 2 aliphatic rings. The van der Waals surface area contributed by atoms with Crippen LogP contribution in [0.5, 0.6) is 0 Å². The molecule has 0 saturated carbocycles. The fourth-order valence-electron chi connectivity index (χ4n) is 3.05. The first-order chi connectivity index (χ1) is 13.7. The summed E-state index contributed by atoms with van der Waals surface area (Å²) < 4.78 is 20.5. The Kier molecular flexibility index (Phi) is 8.72. The summed E-state index contributed by atoms with van der Waals surface area (Å²) in [6, 6.07) is -1.44. The molecule has 8 N–H and O–H groups in total. The van der Waals surface area contributed by atoms with E-state index in [-0.39, 0.29) is 6.61 Å². The number of ether oxygens (including phenoxy) is 4. The molecular weight excluding hydrogens is 398 g/mol. The molecule has 2 saturated heterocycles. The Morgan fingerprint density at radius 2 is 1.62 bits per heavy atom. The van der Waals surface area contributed by atoms with Crippen LogP contribution >= 0.6 is 0 Å². The van der Waals surface area contributed by atoms with E-state index in [0.29, 0.717) is 0 Å². The summed E-state index contributed by atoms with van der Waals surface area (Å²) in [5.41, 5.74) is 0. The zero-order valence-electron chi connectivity index (χ0n) is 15.4. The highest BCUT2D eigenvalue weighted by Crippen LogP contribution is 2.28. The van der Waals surface area contributed by atoms with Gasteiger partial charge in [0.2, 0.25) is 0 Å². The van der Waals surface area contributed by atoms with E-state index in [1.807, 2.05) is 0 Å². The Morgan fingerprint density at radius 3 is 2.21 bits per heavy atom. The first-order valence-corrected chi connectivity index (χ1v) is 8.87. The topological polar surface area (TPSA) is 208 Å². The number of aliphatic hydroxyl groups excluding tert-OH is 7. The molecule has 10 atom stereocenters. The third kappa shape index (κ3) is 5.40. The molecule has 0 aromatic carbocycles. The molecule has 13 heteroatoms. The Balaban J connectivity index is 2.13. The predicted octanol–water partition coefficient (Wildman–Crippen LogP) is -4.48. The van der Waals surface area contributed by atoms with E-state index >= 15 is 0 Å². The van der Waals surface area contributed by atoms with Crippen LogP contribution in [0.25, 0.3) is 0 Å². The first kappa shape index (κ1) is 23.9. The highest BCUT2D eigenvalue weighted by atomic mass is 16.7. The highest BCUT2D eigenvalue weighted by molar-refractivity contribution is 5.67. The van der Waals surface area contributed by atoms with E-state index in [1.54, 1.807) is 0 Å². The standard InChI is InChI=1S/C16H27NO12/c1-2-3-26-16(25)17-8-10(21)13(7(5-19)27-14(8)24)29-15-12(23)11(22)9(20)6(4-18)28-15/h2,6-15,18-24H,1,3-5H2,(H,17,25)/t6-,7+,8+,9-,10+,11+,12-,13+,14-,15+/m0/s1. The Bertz CT molecular complexity index is 548. The molecule has 0 bridgehead atoms. The lowest BCUT2D eigenvalue weighted by atomic mass is 9.95. The molecule has 2 rings (SSSR count). The molecule has 13 nitrogen and oxygen atoms in total. The molecule has 0 radical (unpaired) electrons. The maximum Gasteiger partial charge on any atom is 0.407 e. The molecule has 168 valence electrons. The normalized spacial score (nSPS) is 42.9. The smallest absolute Gasteiger partial charge is 0.407 e. The van der Waals surface area contributed by atoms with Gasteiger partial charge in [-0.15, -0.1) is 0 Å². The third-order valence-electron chi connectivity index (χ3n) is 4.63. The summed E-state index contributed by atoms with van der Waals surface area (Å²) in [4.78, 5) is 11.7. The van der Waals surface area contributed by atoms with E-state index in [9.17, 15) is 40.5 Å². The molecule has 2 heterocycles. The second-order valence-corrected chi connectivity index (χ2v) is 6.59. The number of alkyl carbamates (subject to hydrolysis) is 1. The van der Waals surface area contributed by atoms with Crippen molar-refractivity contribution in [2.24, 2.45) is 0 Å². The Labute approximate surface area is 165 Å². The van der Waals surface area contributed by atoms with E-state index in [0.717, 1.165) is 0 Å². The van der Waals surface area contributed by atoms with E-state index in [1.165, 1.54) is 6.08 Å². The third-order valence-corrected chi connectivity index (χ3v) is 4.63. The Morgan fingerprint density at radius 1 is 0.966 bits per heavy atom. The summed E-state index contributed by atoms with van der Waals surface area (Å²) in [6.45, 7) is 1.82. The van der Waals surface area contributed by atoms with Crippen molar-refractivity contribution < 1.29 is 59.5 Å². The second kappa shape index (κ2) is 10.6. The quantitative estimate of drug-likeness (QED) is 0.182. The van der Waals surface area contributed by atoms with Crippen LogP contribution < -0.4 is 5.32 Å². The van der Waals surface area contributed by atoms with Crippen LogP contribution in [0, 0.1) is 0 Å². The zero-order valence-corrected chi connectivity index (χ0v) is 15.4. The van der Waals surface area contributed by atoms with Crippen molar-refractivity contribution in [3.8, 4) is 0 Å². The number of amides is 1. The lowest BCUT2D eigenvalue weighted by molar-refractivity contribution is -0.345. The van der Waals surface area contributed by atoms with Crippen molar-refractivity contribution in [1.29, 1.82) is 0 Å². The van der Waals surface area contributed by atoms with Crippen LogP contribution in [0.15, 0.2) is 12.7 Å². The van der Waals surface area contributed by atoms with Crippen LogP contribution in [0.3, 0.4) is 0 Å². The zero-order chi connectivity index (χ0) is 21.7. The van der Waals surface area contributed by atoms with Gasteiger partial charge in [0.05, 0.1) is 13.2 Å². The van der Waals surface area contributed by atoms with Crippen molar-refractivity contribution in [3.05, 3.63) is 12.7 Å². The molecule has 0 aromatic heterocycles. The van der Waals surface area contributed by atoms with Crippen LogP contribution in [0.4, 0.5) is 4.79 Å². The van der Waals surface area contributed by atoms with Gasteiger partial charge < -0.3 is 60.0 Å². The van der Waals surface area contributed by atoms with Crippen LogP contribution in [-0.2, 0) is 18.9 Å². The van der Waals surface area contributed by atoms with Crippen molar-refractivity contribution >= 4 is 6.09 Å². The number of carbonyl (C=O) groups is 1. The molecule has 0 aromatic rings. The average molecular weight is 425 g/mol. The monoisotopic (exact) mass is 425 g/mol. The summed E-state index contributed by atoms with van der Waals surface area (Å²) >= 11 is 0. The number of hydrogen-bond acceptors (Lipinski definition) is 12. The van der Waals surface area contributed by atoms with Crippen LogP contribution in [0.1, 0.15) is 0 Å². The van der Waals surface area contributed by atoms with Gasteiger partial charge in [-0.25, -0.2) is 4.79 Å². The minimum absolute atomic E-state index is 0.129. The van der Waals surface area contributed by atoms with Gasteiger partial charge in [0.1, 0.15) is 55.4 Å². The molecule has 29 heavy (non-hydrogen) atoms. The minimum Gasteiger partial charge on any atom is -0.445 e. The van der Waals surface area contributed by atoms with Crippen LogP contribution in [0.2, 0.25) is 0 Å². The summed E-state index contributed by atoms with van der Waals surface area (Å²) in [5, 5.41) is 71.2. The van der Waals surface area contributed by atoms with Crippen molar-refractivity contribution in [1.82, 2.24) is 5.32 Å². The molecule has 1 amide bonds. The van der Waals surface area contributed by atoms with E-state index in [4.69, 9.17) is 18.9 Å². The lowest BCUT2D eigenvalue weighted by Gasteiger charge is -2.46. The molecule has 0 aliphatic carbocycles. The Hall–Kier alpha value is -1.39. The maximum absolute atomic E-state index is 11.7. The molecular formula is C16H27NO12. The molecule has 2 fully saturated rings. The summed E-state index contributed by atoms with van der Waals surface area (Å²) in [6.07, 6.45) is -13.8. The maximum atomic E-state index is 11.7. The van der Waals surface area contributed by atoms with Crippen molar-refractivity contribution in [3.63, 3.8) is 0 Å². The first-order valence-electron chi connectivity index (χ1n) is 8.87. The van der Waals surface area contributed by atoms with Gasteiger partial charge in [0, 0.05) is 0 Å². The fourth-order valence-corrected chi connectivity index (χ4v) is 3.05. The number of aliphatic hydroxyl groups is 7. The lowest BCUT2D eigenvalue weighted by Crippen LogP contribution is -2.67. The fraction of sp³-hybridized carbons (Fsp3) is 0.812. The van der Waals surface area contributed by atoms with Crippen molar-refractivity contribution in [2.75, 3.05) is 19.8 Å². The summed E-state index contributed by atoms with van der Waals surface area (Å²) in [5.74, 6) is 0. The van der Waals surface area contributed by atoms with Crippen LogP contribution in [-0.4, -0.2) is 123 Å².